The predicted octanol–water partition coefficient (Wildman–Crippen LogP) is 6.87. The molecule has 3 atom stereocenters. The molecule has 0 bridgehead atoms. The summed E-state index contributed by atoms with van der Waals surface area (Å²) in [5, 5.41) is 0. The third kappa shape index (κ3) is 3.80. The van der Waals surface area contributed by atoms with Gasteiger partial charge in [-0.25, -0.2) is 4.39 Å². The van der Waals surface area contributed by atoms with Crippen molar-refractivity contribution in [3.63, 3.8) is 0 Å². The van der Waals surface area contributed by atoms with Crippen molar-refractivity contribution in [2.75, 3.05) is 0 Å². The van der Waals surface area contributed by atoms with Crippen LogP contribution in [0.5, 0.6) is 0 Å². The zero-order valence-electron chi connectivity index (χ0n) is 16.2. The Hall–Kier alpha value is -2.22. The molecule has 1 aliphatic carbocycles. The SMILES string of the molecule is C=CC1=CCC(C(C)(C=CCC)C(F)CC)C(c2ccccn2)=C1C=C. The second-order valence-electron chi connectivity index (χ2n) is 6.95. The van der Waals surface area contributed by atoms with Gasteiger partial charge in [-0.15, -0.1) is 0 Å². The van der Waals surface area contributed by atoms with Crippen LogP contribution in [0.1, 0.15) is 45.7 Å². The van der Waals surface area contributed by atoms with Gasteiger partial charge in [-0.3, -0.25) is 4.98 Å². The number of alkyl halides is 1. The average Bonchev–Trinajstić information content (AvgIpc) is 2.70. The van der Waals surface area contributed by atoms with Crippen LogP contribution < -0.4 is 0 Å². The maximum Gasteiger partial charge on any atom is 0.109 e. The molecular formula is C24H30FN. The normalized spacial score (nSPS) is 21.2. The van der Waals surface area contributed by atoms with Crippen LogP contribution in [0.4, 0.5) is 4.39 Å². The van der Waals surface area contributed by atoms with Crippen LogP contribution in [0.25, 0.3) is 5.57 Å². The summed E-state index contributed by atoms with van der Waals surface area (Å²) >= 11 is 0. The Bertz CT molecular complexity index is 726. The van der Waals surface area contributed by atoms with Gasteiger partial charge in [-0.2, -0.15) is 0 Å². The fourth-order valence-electron chi connectivity index (χ4n) is 3.89. The molecule has 1 aromatic heterocycles. The Kier molecular flexibility index (Phi) is 6.90. The monoisotopic (exact) mass is 351 g/mol. The number of allylic oxidation sites excluding steroid dienone is 8. The molecule has 0 fully saturated rings. The highest BCUT2D eigenvalue weighted by molar-refractivity contribution is 5.78. The molecule has 0 spiro atoms. The molecule has 2 rings (SSSR count). The van der Waals surface area contributed by atoms with Gasteiger partial charge in [0.1, 0.15) is 6.17 Å². The number of nitrogens with zero attached hydrogens (tertiary/aromatic N) is 1. The summed E-state index contributed by atoms with van der Waals surface area (Å²) in [7, 11) is 0. The van der Waals surface area contributed by atoms with E-state index in [4.69, 9.17) is 0 Å². The van der Waals surface area contributed by atoms with Gasteiger partial charge in [0.15, 0.2) is 0 Å². The largest absolute Gasteiger partial charge is 0.257 e. The molecule has 1 nitrogen and oxygen atoms in total. The van der Waals surface area contributed by atoms with Gasteiger partial charge in [0.2, 0.25) is 0 Å². The van der Waals surface area contributed by atoms with E-state index in [1.54, 1.807) is 6.20 Å². The van der Waals surface area contributed by atoms with Crippen LogP contribution in [-0.4, -0.2) is 11.2 Å². The van der Waals surface area contributed by atoms with Crippen LogP contribution >= 0.6 is 0 Å². The van der Waals surface area contributed by atoms with E-state index < -0.39 is 11.6 Å². The van der Waals surface area contributed by atoms with Crippen LogP contribution in [0.2, 0.25) is 0 Å². The maximum atomic E-state index is 15.2. The van der Waals surface area contributed by atoms with E-state index in [1.165, 1.54) is 0 Å². The minimum absolute atomic E-state index is 0.00755. The van der Waals surface area contributed by atoms with Crippen molar-refractivity contribution in [3.05, 3.63) is 84.8 Å². The van der Waals surface area contributed by atoms with Crippen LogP contribution in [0.3, 0.4) is 0 Å². The summed E-state index contributed by atoms with van der Waals surface area (Å²) in [5.41, 5.74) is 3.41. The van der Waals surface area contributed by atoms with Gasteiger partial charge in [-0.05, 0) is 48.1 Å². The summed E-state index contributed by atoms with van der Waals surface area (Å²) in [5.74, 6) is -0.00755. The number of hydrogen-bond acceptors (Lipinski definition) is 1. The lowest BCUT2D eigenvalue weighted by molar-refractivity contribution is 0.126. The predicted molar refractivity (Wildman–Crippen MR) is 110 cm³/mol. The highest BCUT2D eigenvalue weighted by Gasteiger charge is 2.43. The average molecular weight is 352 g/mol. The van der Waals surface area contributed by atoms with Crippen molar-refractivity contribution in [1.82, 2.24) is 4.98 Å². The van der Waals surface area contributed by atoms with Crippen molar-refractivity contribution in [3.8, 4) is 0 Å². The fourth-order valence-corrected chi connectivity index (χ4v) is 3.89. The van der Waals surface area contributed by atoms with E-state index in [0.29, 0.717) is 6.42 Å². The van der Waals surface area contributed by atoms with E-state index in [2.05, 4.69) is 43.3 Å². The number of pyridine rings is 1. The summed E-state index contributed by atoms with van der Waals surface area (Å²) < 4.78 is 15.2. The van der Waals surface area contributed by atoms with E-state index in [-0.39, 0.29) is 5.92 Å². The molecule has 1 heterocycles. The molecule has 0 aliphatic heterocycles. The highest BCUT2D eigenvalue weighted by Crippen LogP contribution is 2.50. The lowest BCUT2D eigenvalue weighted by Crippen LogP contribution is -2.37. The first kappa shape index (κ1) is 20.1. The molecule has 26 heavy (non-hydrogen) atoms. The zero-order valence-corrected chi connectivity index (χ0v) is 16.2. The summed E-state index contributed by atoms with van der Waals surface area (Å²) in [6, 6.07) is 5.88. The molecule has 0 radical (unpaired) electrons. The Balaban J connectivity index is 2.71. The van der Waals surface area contributed by atoms with Gasteiger partial charge < -0.3 is 0 Å². The van der Waals surface area contributed by atoms with E-state index in [0.717, 1.165) is 35.3 Å². The molecule has 0 saturated heterocycles. The third-order valence-electron chi connectivity index (χ3n) is 5.38. The number of hydrogen-bond donors (Lipinski definition) is 0. The van der Waals surface area contributed by atoms with Gasteiger partial charge in [0.05, 0.1) is 5.69 Å². The molecule has 1 aliphatic rings. The first-order valence-corrected chi connectivity index (χ1v) is 9.46. The standard InChI is InChI=1S/C24H30FN/c1-6-10-16-24(5,22(25)9-4)20-15-14-18(7-2)19(8-3)23(20)21-13-11-12-17-26-21/h7-8,10-14,16-17,20,22H,2-3,6,9,15H2,1,4-5H3. The topological polar surface area (TPSA) is 12.9 Å². The van der Waals surface area contributed by atoms with Crippen LogP contribution in [-0.2, 0) is 0 Å². The zero-order chi connectivity index (χ0) is 19.2. The number of rotatable bonds is 8. The molecule has 0 N–H and O–H groups in total. The van der Waals surface area contributed by atoms with Gasteiger partial charge in [0, 0.05) is 17.5 Å². The van der Waals surface area contributed by atoms with Crippen LogP contribution in [0, 0.1) is 11.3 Å². The molecule has 2 heteroatoms. The summed E-state index contributed by atoms with van der Waals surface area (Å²) in [4.78, 5) is 4.58. The third-order valence-corrected chi connectivity index (χ3v) is 5.38. The first-order valence-electron chi connectivity index (χ1n) is 9.46. The van der Waals surface area contributed by atoms with E-state index >= 15 is 4.39 Å². The summed E-state index contributed by atoms with van der Waals surface area (Å²) in [6.45, 7) is 14.0. The molecule has 1 aromatic rings. The number of aromatic nitrogens is 1. The lowest BCUT2D eigenvalue weighted by atomic mass is 9.64. The number of halogens is 1. The van der Waals surface area contributed by atoms with Crippen molar-refractivity contribution in [2.45, 2.75) is 46.2 Å². The second kappa shape index (κ2) is 8.93. The molecule has 0 saturated carbocycles. The van der Waals surface area contributed by atoms with Gasteiger partial charge >= 0.3 is 0 Å². The van der Waals surface area contributed by atoms with Crippen LogP contribution in [0.15, 0.2) is 79.1 Å². The highest BCUT2D eigenvalue weighted by atomic mass is 19.1. The second-order valence-corrected chi connectivity index (χ2v) is 6.95. The molecule has 138 valence electrons. The Morgan fingerprint density at radius 1 is 1.31 bits per heavy atom. The first-order chi connectivity index (χ1) is 12.5. The molecule has 0 amide bonds. The summed E-state index contributed by atoms with van der Waals surface area (Å²) in [6.07, 6.45) is 13.0. The molecule has 3 unspecified atom stereocenters. The van der Waals surface area contributed by atoms with Gasteiger partial charge in [0.25, 0.3) is 0 Å². The molecule has 0 aromatic carbocycles. The Morgan fingerprint density at radius 3 is 2.62 bits per heavy atom. The van der Waals surface area contributed by atoms with E-state index in [1.807, 2.05) is 44.2 Å². The molecular weight excluding hydrogens is 321 g/mol. The quantitative estimate of drug-likeness (QED) is 0.465. The van der Waals surface area contributed by atoms with Crippen molar-refractivity contribution in [1.29, 1.82) is 0 Å². The van der Waals surface area contributed by atoms with Gasteiger partial charge in [-0.1, -0.05) is 70.4 Å². The maximum absolute atomic E-state index is 15.2. The van der Waals surface area contributed by atoms with Crippen molar-refractivity contribution in [2.24, 2.45) is 11.3 Å². The van der Waals surface area contributed by atoms with Crippen molar-refractivity contribution < 1.29 is 4.39 Å². The smallest absolute Gasteiger partial charge is 0.109 e. The lowest BCUT2D eigenvalue weighted by Gasteiger charge is -2.41. The van der Waals surface area contributed by atoms with Crippen molar-refractivity contribution >= 4 is 5.57 Å². The Morgan fingerprint density at radius 2 is 2.08 bits per heavy atom. The minimum Gasteiger partial charge on any atom is -0.257 e. The van der Waals surface area contributed by atoms with E-state index in [9.17, 15) is 0 Å². The minimum atomic E-state index is -0.932. The Labute approximate surface area is 157 Å². The fraction of sp³-hybridized carbons (Fsp3) is 0.375.